The Morgan fingerprint density at radius 3 is 2.91 bits per heavy atom. The number of carbonyl (C=O) groups is 1. The monoisotopic (exact) mass is 456 g/mol. The van der Waals surface area contributed by atoms with Gasteiger partial charge in [-0.05, 0) is 60.4 Å². The van der Waals surface area contributed by atoms with Crippen LogP contribution in [0.3, 0.4) is 0 Å². The van der Waals surface area contributed by atoms with Gasteiger partial charge < -0.3 is 15.7 Å². The van der Waals surface area contributed by atoms with Crippen molar-refractivity contribution in [3.8, 4) is 11.4 Å². The summed E-state index contributed by atoms with van der Waals surface area (Å²) in [5.74, 6) is 0.0719. The van der Waals surface area contributed by atoms with Gasteiger partial charge in [0, 0.05) is 29.4 Å². The molecule has 166 valence electrons. The number of hydrogen-bond donors (Lipinski definition) is 4. The third-order valence-electron chi connectivity index (χ3n) is 5.06. The highest BCUT2D eigenvalue weighted by Gasteiger charge is 2.17. The van der Waals surface area contributed by atoms with Gasteiger partial charge in [-0.25, -0.2) is 14.4 Å². The predicted molar refractivity (Wildman–Crippen MR) is 119 cm³/mol. The average molecular weight is 457 g/mol. The van der Waals surface area contributed by atoms with E-state index in [1.165, 1.54) is 12.4 Å². The van der Waals surface area contributed by atoms with Crippen LogP contribution in [0.25, 0.3) is 11.4 Å². The summed E-state index contributed by atoms with van der Waals surface area (Å²) in [6.45, 7) is 0.301. The zero-order valence-corrected chi connectivity index (χ0v) is 17.9. The Morgan fingerprint density at radius 1 is 1.19 bits per heavy atom. The largest absolute Gasteiger partial charge is 0.394 e. The smallest absolute Gasteiger partial charge is 0.239 e. The number of aliphatic hydroxyl groups is 1. The van der Waals surface area contributed by atoms with Crippen LogP contribution in [-0.2, 0) is 17.8 Å². The molecule has 0 aliphatic carbocycles. The third kappa shape index (κ3) is 5.37. The molecule has 0 unspecified atom stereocenters. The maximum Gasteiger partial charge on any atom is 0.239 e. The van der Waals surface area contributed by atoms with Crippen LogP contribution in [0.1, 0.15) is 17.5 Å². The second kappa shape index (κ2) is 9.99. The molecule has 6 bridgehead atoms. The lowest BCUT2D eigenvalue weighted by atomic mass is 10.0. The molecule has 32 heavy (non-hydrogen) atoms. The first-order valence-electron chi connectivity index (χ1n) is 10.2. The van der Waals surface area contributed by atoms with Gasteiger partial charge >= 0.3 is 0 Å². The van der Waals surface area contributed by atoms with Crippen LogP contribution in [0.2, 0.25) is 5.02 Å². The number of aliphatic hydroxyl groups excluding tert-OH is 1. The number of nitrogens with zero attached hydrogens (tertiary/aromatic N) is 3. The third-order valence-corrected chi connectivity index (χ3v) is 5.28. The minimum atomic E-state index is -0.782. The lowest BCUT2D eigenvalue weighted by Crippen LogP contribution is -2.46. The fourth-order valence-corrected chi connectivity index (χ4v) is 3.71. The summed E-state index contributed by atoms with van der Waals surface area (Å²) in [5.41, 5.74) is 2.62. The topological polar surface area (TPSA) is 112 Å². The number of aromatic nitrogens is 3. The molecule has 4 N–H and O–H groups in total. The first-order chi connectivity index (χ1) is 15.5. The van der Waals surface area contributed by atoms with Crippen LogP contribution < -0.4 is 16.0 Å². The summed E-state index contributed by atoms with van der Waals surface area (Å²) in [5, 5.41) is 19.0. The van der Waals surface area contributed by atoms with Gasteiger partial charge in [0.2, 0.25) is 11.9 Å². The van der Waals surface area contributed by atoms with Crippen molar-refractivity contribution in [3.63, 3.8) is 0 Å². The molecule has 0 saturated heterocycles. The second-order valence-corrected chi connectivity index (χ2v) is 7.86. The minimum Gasteiger partial charge on any atom is -0.394 e. The standard InChI is InChI=1S/C22H22ClFN6O2/c23-16-6-13-7-17(9-16)29-22-28-12-27-20(30-22)15-3-4-18(24)14(8-15)2-1-5-25-21(32)19(11-31)26-10-13/h3-4,6-9,12,19,26,31H,1-2,5,10-11H2,(H,25,32)(H,27,28,29,30)/t19-/m0/s1. The highest BCUT2D eigenvalue weighted by Crippen LogP contribution is 2.24. The van der Waals surface area contributed by atoms with Crippen LogP contribution >= 0.6 is 11.6 Å². The first kappa shape index (κ1) is 22.1. The molecule has 2 aromatic carbocycles. The van der Waals surface area contributed by atoms with Gasteiger partial charge in [-0.1, -0.05) is 11.6 Å². The molecule has 1 atom stereocenters. The van der Waals surface area contributed by atoms with Crippen molar-refractivity contribution in [3.05, 3.63) is 64.7 Å². The van der Waals surface area contributed by atoms with E-state index in [9.17, 15) is 14.3 Å². The van der Waals surface area contributed by atoms with Crippen LogP contribution in [-0.4, -0.2) is 45.2 Å². The molecular weight excluding hydrogens is 435 g/mol. The van der Waals surface area contributed by atoms with Crippen molar-refractivity contribution in [1.82, 2.24) is 25.6 Å². The Bertz CT molecular complexity index is 1130. The molecule has 1 aliphatic rings. The SMILES string of the molecule is O=C1NCCCc2cc(ccc2F)-c2ncnc(n2)Nc2cc(Cl)cc(c2)CN[C@H]1CO. The lowest BCUT2D eigenvalue weighted by Gasteiger charge is -2.17. The van der Waals surface area contributed by atoms with Crippen LogP contribution in [0.15, 0.2) is 42.7 Å². The molecule has 0 fully saturated rings. The van der Waals surface area contributed by atoms with E-state index in [0.717, 1.165) is 5.56 Å². The van der Waals surface area contributed by atoms with E-state index in [1.54, 1.807) is 24.3 Å². The number of benzene rings is 2. The van der Waals surface area contributed by atoms with E-state index in [1.807, 2.05) is 6.07 Å². The van der Waals surface area contributed by atoms with Crippen molar-refractivity contribution in [2.45, 2.75) is 25.4 Å². The Labute approximate surface area is 189 Å². The summed E-state index contributed by atoms with van der Waals surface area (Å²) < 4.78 is 14.3. The molecule has 1 amide bonds. The first-order valence-corrected chi connectivity index (χ1v) is 10.6. The van der Waals surface area contributed by atoms with Gasteiger partial charge in [-0.15, -0.1) is 0 Å². The number of amides is 1. The second-order valence-electron chi connectivity index (χ2n) is 7.42. The number of anilines is 2. The average Bonchev–Trinajstić information content (AvgIpc) is 2.77. The minimum absolute atomic E-state index is 0.312. The van der Waals surface area contributed by atoms with Crippen LogP contribution in [0, 0.1) is 5.82 Å². The zero-order valence-electron chi connectivity index (χ0n) is 17.1. The van der Waals surface area contributed by atoms with Gasteiger partial charge in [0.25, 0.3) is 0 Å². The fourth-order valence-electron chi connectivity index (χ4n) is 3.45. The summed E-state index contributed by atoms with van der Waals surface area (Å²) in [6.07, 6.45) is 2.35. The molecule has 1 aliphatic heterocycles. The summed E-state index contributed by atoms with van der Waals surface area (Å²) in [6, 6.07) is 9.25. The van der Waals surface area contributed by atoms with Gasteiger partial charge in [-0.2, -0.15) is 4.98 Å². The summed E-state index contributed by atoms with van der Waals surface area (Å²) in [7, 11) is 0. The Balaban J connectivity index is 1.70. The number of rotatable bonds is 1. The number of nitrogens with one attached hydrogen (secondary N) is 3. The van der Waals surface area contributed by atoms with E-state index in [2.05, 4.69) is 30.9 Å². The maximum atomic E-state index is 14.3. The molecule has 3 aromatic rings. The Hall–Kier alpha value is -3.14. The van der Waals surface area contributed by atoms with Gasteiger partial charge in [-0.3, -0.25) is 10.1 Å². The van der Waals surface area contributed by atoms with Gasteiger partial charge in [0.1, 0.15) is 18.2 Å². The molecule has 1 aromatic heterocycles. The molecule has 10 heteroatoms. The number of carbonyl (C=O) groups excluding carboxylic acids is 1. The van der Waals surface area contributed by atoms with Crippen LogP contribution in [0.5, 0.6) is 0 Å². The quantitative estimate of drug-likeness (QED) is 0.445. The molecule has 4 rings (SSSR count). The van der Waals surface area contributed by atoms with Crippen molar-refractivity contribution < 1.29 is 14.3 Å². The van der Waals surface area contributed by atoms with E-state index in [-0.39, 0.29) is 18.3 Å². The lowest BCUT2D eigenvalue weighted by molar-refractivity contribution is -0.124. The zero-order chi connectivity index (χ0) is 22.5. The number of fused-ring (bicyclic) bond motifs is 7. The van der Waals surface area contributed by atoms with Crippen molar-refractivity contribution in [2.24, 2.45) is 0 Å². The van der Waals surface area contributed by atoms with Gasteiger partial charge in [0.05, 0.1) is 6.61 Å². The van der Waals surface area contributed by atoms with Gasteiger partial charge in [0.15, 0.2) is 5.82 Å². The molecule has 8 nitrogen and oxygen atoms in total. The maximum absolute atomic E-state index is 14.3. The molecule has 0 radical (unpaired) electrons. The number of hydrogen-bond acceptors (Lipinski definition) is 7. The molecule has 0 spiro atoms. The summed E-state index contributed by atoms with van der Waals surface area (Å²) >= 11 is 6.26. The van der Waals surface area contributed by atoms with E-state index in [4.69, 9.17) is 11.6 Å². The normalized spacial score (nSPS) is 17.0. The number of aryl methyl sites for hydroxylation is 1. The molecule has 0 saturated carbocycles. The Kier molecular flexibility index (Phi) is 6.89. The number of halogens is 2. The summed E-state index contributed by atoms with van der Waals surface area (Å²) in [4.78, 5) is 25.2. The Morgan fingerprint density at radius 2 is 2.06 bits per heavy atom. The highest BCUT2D eigenvalue weighted by atomic mass is 35.5. The van der Waals surface area contributed by atoms with E-state index < -0.39 is 6.04 Å². The molecular formula is C22H22ClFN6O2. The highest BCUT2D eigenvalue weighted by molar-refractivity contribution is 6.31. The fraction of sp³-hybridized carbons (Fsp3) is 0.273. The van der Waals surface area contributed by atoms with Crippen molar-refractivity contribution in [2.75, 3.05) is 18.5 Å². The van der Waals surface area contributed by atoms with Crippen molar-refractivity contribution in [1.29, 1.82) is 0 Å². The van der Waals surface area contributed by atoms with E-state index in [0.29, 0.717) is 59.5 Å². The van der Waals surface area contributed by atoms with E-state index >= 15 is 0 Å². The molecule has 2 heterocycles. The predicted octanol–water partition coefficient (Wildman–Crippen LogP) is 2.59. The van der Waals surface area contributed by atoms with Crippen LogP contribution in [0.4, 0.5) is 16.0 Å². The van der Waals surface area contributed by atoms with Crippen molar-refractivity contribution >= 4 is 29.1 Å².